The molecule has 0 bridgehead atoms. The number of methoxy groups -OCH3 is 1. The Morgan fingerprint density at radius 1 is 1.38 bits per heavy atom. The van der Waals surface area contributed by atoms with Crippen LogP contribution in [0.3, 0.4) is 0 Å². The molecular formula is C15H14BrClN2OS. The summed E-state index contributed by atoms with van der Waals surface area (Å²) in [6.45, 7) is 0.557. The summed E-state index contributed by atoms with van der Waals surface area (Å²) in [6, 6.07) is 11.3. The van der Waals surface area contributed by atoms with Crippen LogP contribution in [0.1, 0.15) is 11.1 Å². The maximum atomic E-state index is 6.21. The summed E-state index contributed by atoms with van der Waals surface area (Å²) >= 11 is 14.6. The first-order valence-corrected chi connectivity index (χ1v) is 7.75. The minimum Gasteiger partial charge on any atom is -0.496 e. The average Bonchev–Trinajstić information content (AvgIpc) is 2.45. The third kappa shape index (κ3) is 3.87. The standard InChI is InChI=1S/C15H14BrClN2OS/c1-20-14-4-2-3-13(17)11(14)8-19-9-5-6-10(15(18)21)12(16)7-9/h2-7,19H,8H2,1H3,(H2,18,21). The topological polar surface area (TPSA) is 47.3 Å². The van der Waals surface area contributed by atoms with E-state index in [1.54, 1.807) is 7.11 Å². The first-order valence-electron chi connectivity index (χ1n) is 6.17. The molecule has 0 spiro atoms. The zero-order chi connectivity index (χ0) is 15.4. The number of rotatable bonds is 5. The molecule has 0 unspecified atom stereocenters. The number of ether oxygens (including phenoxy) is 1. The van der Waals surface area contributed by atoms with Crippen LogP contribution in [0, 0.1) is 0 Å². The molecule has 6 heteroatoms. The van der Waals surface area contributed by atoms with E-state index in [9.17, 15) is 0 Å². The first kappa shape index (κ1) is 16.1. The number of hydrogen-bond acceptors (Lipinski definition) is 3. The maximum absolute atomic E-state index is 6.21. The molecule has 0 aliphatic heterocycles. The maximum Gasteiger partial charge on any atom is 0.125 e. The zero-order valence-corrected chi connectivity index (χ0v) is 14.5. The van der Waals surface area contributed by atoms with E-state index in [4.69, 9.17) is 34.3 Å². The van der Waals surface area contributed by atoms with E-state index in [0.29, 0.717) is 16.6 Å². The third-order valence-corrected chi connectivity index (χ3v) is 4.23. The smallest absolute Gasteiger partial charge is 0.125 e. The lowest BCUT2D eigenvalue weighted by atomic mass is 10.1. The fourth-order valence-corrected chi connectivity index (χ4v) is 3.05. The highest BCUT2D eigenvalue weighted by atomic mass is 79.9. The molecular weight excluding hydrogens is 372 g/mol. The van der Waals surface area contributed by atoms with Crippen LogP contribution in [0.25, 0.3) is 0 Å². The summed E-state index contributed by atoms with van der Waals surface area (Å²) in [5.74, 6) is 0.758. The normalized spacial score (nSPS) is 10.2. The van der Waals surface area contributed by atoms with Crippen molar-refractivity contribution in [2.24, 2.45) is 5.73 Å². The molecule has 0 saturated carbocycles. The Morgan fingerprint density at radius 3 is 2.76 bits per heavy atom. The molecule has 3 N–H and O–H groups in total. The fraction of sp³-hybridized carbons (Fsp3) is 0.133. The van der Waals surface area contributed by atoms with Crippen molar-refractivity contribution in [1.82, 2.24) is 0 Å². The van der Waals surface area contributed by atoms with Crippen LogP contribution in [0.5, 0.6) is 5.75 Å². The van der Waals surface area contributed by atoms with Crippen molar-refractivity contribution in [1.29, 1.82) is 0 Å². The van der Waals surface area contributed by atoms with Crippen LogP contribution in [0.4, 0.5) is 5.69 Å². The van der Waals surface area contributed by atoms with Gasteiger partial charge in [-0.1, -0.05) is 29.9 Å². The quantitative estimate of drug-likeness (QED) is 0.751. The van der Waals surface area contributed by atoms with Gasteiger partial charge in [-0.2, -0.15) is 0 Å². The van der Waals surface area contributed by atoms with Crippen molar-refractivity contribution in [2.75, 3.05) is 12.4 Å². The molecule has 0 atom stereocenters. The van der Waals surface area contributed by atoms with Crippen molar-refractivity contribution in [3.8, 4) is 5.75 Å². The highest BCUT2D eigenvalue weighted by Gasteiger charge is 2.08. The third-order valence-electron chi connectivity index (χ3n) is 3.00. The number of thiocarbonyl (C=S) groups is 1. The Kier molecular flexibility index (Phi) is 5.45. The molecule has 0 amide bonds. The largest absolute Gasteiger partial charge is 0.496 e. The molecule has 0 saturated heterocycles. The van der Waals surface area contributed by atoms with Gasteiger partial charge in [0.1, 0.15) is 10.7 Å². The van der Waals surface area contributed by atoms with Gasteiger partial charge in [-0.05, 0) is 46.3 Å². The summed E-state index contributed by atoms with van der Waals surface area (Å²) in [5, 5.41) is 3.97. The molecule has 21 heavy (non-hydrogen) atoms. The van der Waals surface area contributed by atoms with Crippen molar-refractivity contribution in [2.45, 2.75) is 6.54 Å². The molecule has 2 aromatic rings. The van der Waals surface area contributed by atoms with Gasteiger partial charge >= 0.3 is 0 Å². The van der Waals surface area contributed by atoms with E-state index < -0.39 is 0 Å². The summed E-state index contributed by atoms with van der Waals surface area (Å²) in [6.07, 6.45) is 0. The molecule has 0 fully saturated rings. The van der Waals surface area contributed by atoms with Gasteiger partial charge in [0.2, 0.25) is 0 Å². The Bertz CT molecular complexity index is 679. The summed E-state index contributed by atoms with van der Waals surface area (Å²) in [7, 11) is 1.63. The van der Waals surface area contributed by atoms with Gasteiger partial charge in [0.05, 0.1) is 7.11 Å². The lowest BCUT2D eigenvalue weighted by Crippen LogP contribution is -2.10. The van der Waals surface area contributed by atoms with Crippen LogP contribution in [-0.2, 0) is 6.54 Å². The second kappa shape index (κ2) is 7.11. The number of anilines is 1. The van der Waals surface area contributed by atoms with Crippen LogP contribution < -0.4 is 15.8 Å². The van der Waals surface area contributed by atoms with E-state index in [1.807, 2.05) is 36.4 Å². The Balaban J connectivity index is 2.17. The molecule has 0 aliphatic carbocycles. The van der Waals surface area contributed by atoms with Crippen LogP contribution in [0.2, 0.25) is 5.02 Å². The predicted octanol–water partition coefficient (Wildman–Crippen LogP) is 4.36. The van der Waals surface area contributed by atoms with Crippen LogP contribution >= 0.6 is 39.7 Å². The molecule has 0 radical (unpaired) electrons. The van der Waals surface area contributed by atoms with Crippen LogP contribution in [-0.4, -0.2) is 12.1 Å². The van der Waals surface area contributed by atoms with Gasteiger partial charge < -0.3 is 15.8 Å². The second-order valence-corrected chi connectivity index (χ2v) is 6.03. The van der Waals surface area contributed by atoms with Gasteiger partial charge in [0.15, 0.2) is 0 Å². The number of nitrogens with one attached hydrogen (secondary N) is 1. The van der Waals surface area contributed by atoms with Crippen molar-refractivity contribution in [3.05, 3.63) is 57.0 Å². The molecule has 110 valence electrons. The highest BCUT2D eigenvalue weighted by molar-refractivity contribution is 9.10. The van der Waals surface area contributed by atoms with E-state index >= 15 is 0 Å². The molecule has 0 aliphatic rings. The summed E-state index contributed by atoms with van der Waals surface area (Å²) in [4.78, 5) is 0.362. The minimum atomic E-state index is 0.362. The van der Waals surface area contributed by atoms with E-state index in [0.717, 1.165) is 27.0 Å². The molecule has 0 aromatic heterocycles. The molecule has 3 nitrogen and oxygen atoms in total. The van der Waals surface area contributed by atoms with Crippen molar-refractivity contribution >= 4 is 50.4 Å². The number of nitrogens with two attached hydrogens (primary N) is 1. The van der Waals surface area contributed by atoms with Crippen LogP contribution in [0.15, 0.2) is 40.9 Å². The summed E-state index contributed by atoms with van der Waals surface area (Å²) < 4.78 is 6.17. The number of halogens is 2. The van der Waals surface area contributed by atoms with Gasteiger partial charge in [0, 0.05) is 32.9 Å². The Hall–Kier alpha value is -1.30. The lowest BCUT2D eigenvalue weighted by molar-refractivity contribution is 0.410. The van der Waals surface area contributed by atoms with E-state index in [-0.39, 0.29) is 0 Å². The van der Waals surface area contributed by atoms with E-state index in [2.05, 4.69) is 21.2 Å². The summed E-state index contributed by atoms with van der Waals surface area (Å²) in [5.41, 5.74) is 8.29. The molecule has 2 aromatic carbocycles. The minimum absolute atomic E-state index is 0.362. The monoisotopic (exact) mass is 384 g/mol. The predicted molar refractivity (Wildman–Crippen MR) is 95.4 cm³/mol. The Labute approximate surface area is 142 Å². The van der Waals surface area contributed by atoms with Crippen molar-refractivity contribution < 1.29 is 4.74 Å². The van der Waals surface area contributed by atoms with Gasteiger partial charge in [0.25, 0.3) is 0 Å². The highest BCUT2D eigenvalue weighted by Crippen LogP contribution is 2.28. The van der Waals surface area contributed by atoms with E-state index in [1.165, 1.54) is 0 Å². The van der Waals surface area contributed by atoms with Gasteiger partial charge in [-0.25, -0.2) is 0 Å². The first-order chi connectivity index (χ1) is 10.0. The molecule has 2 rings (SSSR count). The number of benzene rings is 2. The fourth-order valence-electron chi connectivity index (χ4n) is 1.92. The van der Waals surface area contributed by atoms with Gasteiger partial charge in [-0.3, -0.25) is 0 Å². The molecule has 0 heterocycles. The number of hydrogen-bond donors (Lipinski definition) is 2. The second-order valence-electron chi connectivity index (χ2n) is 4.33. The van der Waals surface area contributed by atoms with Crippen molar-refractivity contribution in [3.63, 3.8) is 0 Å². The Morgan fingerprint density at radius 2 is 2.14 bits per heavy atom. The average molecular weight is 386 g/mol. The SMILES string of the molecule is COc1cccc(Cl)c1CNc1ccc(C(N)=S)c(Br)c1. The lowest BCUT2D eigenvalue weighted by Gasteiger charge is -2.13. The zero-order valence-electron chi connectivity index (χ0n) is 11.3. The van der Waals surface area contributed by atoms with Gasteiger partial charge in [-0.15, -0.1) is 0 Å².